The molecule has 8 rings (SSSR count). The number of hydrogen-bond donors (Lipinski definition) is 2. The number of hydrogen-bond acceptors (Lipinski definition) is 9. The van der Waals surface area contributed by atoms with Crippen molar-refractivity contribution in [2.45, 2.75) is 139 Å². The molecule has 12 nitrogen and oxygen atoms in total. The number of nitrogens with one attached hydrogen (secondary N) is 2. The third-order valence-electron chi connectivity index (χ3n) is 14.1. The second-order valence-electron chi connectivity index (χ2n) is 19.8. The van der Waals surface area contributed by atoms with Crippen molar-refractivity contribution in [3.05, 3.63) is 101 Å². The van der Waals surface area contributed by atoms with Crippen LogP contribution in [0.3, 0.4) is 0 Å². The molecule has 18 heteroatoms. The Balaban J connectivity index is 1.02. The smallest absolute Gasteiger partial charge is 0.389 e. The summed E-state index contributed by atoms with van der Waals surface area (Å²) in [7, 11) is -2.74. The van der Waals surface area contributed by atoms with Crippen molar-refractivity contribution < 1.29 is 50.6 Å². The lowest BCUT2D eigenvalue weighted by Gasteiger charge is -2.41. The average molecular weight is 996 g/mol. The summed E-state index contributed by atoms with van der Waals surface area (Å²) in [5.74, 6) is -3.66. The molecule has 3 aliphatic heterocycles. The quantitative estimate of drug-likeness (QED) is 0.0602. The second-order valence-corrected chi connectivity index (χ2v) is 23.0. The van der Waals surface area contributed by atoms with Crippen molar-refractivity contribution in [2.75, 3.05) is 26.7 Å². The van der Waals surface area contributed by atoms with E-state index in [2.05, 4.69) is 22.5 Å². The molecule has 1 aliphatic carbocycles. The zero-order valence-electron chi connectivity index (χ0n) is 39.5. The van der Waals surface area contributed by atoms with Gasteiger partial charge in [-0.1, -0.05) is 68.4 Å². The number of halogens is 4. The number of likely N-dealkylation sites (tertiary alicyclic amines) is 1. The van der Waals surface area contributed by atoms with E-state index in [1.807, 2.05) is 41.8 Å². The largest absolute Gasteiger partial charge is 0.464 e. The molecule has 3 amide bonds. The van der Waals surface area contributed by atoms with Crippen LogP contribution in [0.25, 0.3) is 10.1 Å². The summed E-state index contributed by atoms with van der Waals surface area (Å²) in [5, 5.41) is 6.02. The zero-order valence-corrected chi connectivity index (χ0v) is 41.2. The maximum absolute atomic E-state index is 16.8. The molecule has 372 valence electrons. The molecule has 1 aromatic heterocycles. The molecule has 0 unspecified atom stereocenters. The van der Waals surface area contributed by atoms with E-state index in [-0.39, 0.29) is 83.5 Å². The van der Waals surface area contributed by atoms with Gasteiger partial charge in [-0.25, -0.2) is 9.48 Å². The monoisotopic (exact) mass is 995 g/mol. The number of carbonyl (C=O) groups excluding carboxylic acids is 4. The SMILES string of the molecule is CC(C)COC(=O)[C@H](C)N[P@](=O)(Oc1ccccc1)[C@@H](F)c1ccc2sc(C(=O)N[C@H]3CC[C@H](N(C)CCCC(F)(F)F)C[C@H]4CC[C@@H](C(=O)N5C[C@H](c6ccccc6)CC56CC6)N4C3=O)cc2c1. The fourth-order valence-corrected chi connectivity index (χ4v) is 13.2. The Labute approximate surface area is 405 Å². The molecule has 8 atom stereocenters. The van der Waals surface area contributed by atoms with E-state index in [1.54, 1.807) is 42.3 Å². The zero-order chi connectivity index (χ0) is 49.3. The molecule has 2 N–H and O–H groups in total. The standard InChI is InChI=1S/C51H62F4N5O7PS/c1-32(2)31-66-49(64)33(3)57-68(65,67-40-14-9-6-10-15-40)45(52)35-16-21-43-36(26-35)27-44(69-43)46(61)56-41-19-17-38(58(4)25-11-22-51(53,54)55)28-39-18-20-42(60(39)47(41)62)48(63)59-30-37(29-50(59)23-24-50)34-12-7-5-8-13-34/h5-10,12-16,21,26-27,32-33,37-39,41-42,45H,11,17-20,22-25,28-31H2,1-4H3,(H,56,61)(H,57,65)/t33-,37+,38-,39+,41-,42-,45+,68+/m0/s1. The second kappa shape index (κ2) is 20.9. The number of thiophene rings is 1. The van der Waals surface area contributed by atoms with Gasteiger partial charge in [-0.05, 0) is 131 Å². The van der Waals surface area contributed by atoms with E-state index in [1.165, 1.54) is 36.8 Å². The Bertz CT molecular complexity index is 2530. The molecule has 1 saturated carbocycles. The van der Waals surface area contributed by atoms with Crippen LogP contribution in [0.1, 0.15) is 118 Å². The highest BCUT2D eigenvalue weighted by atomic mass is 32.1. The van der Waals surface area contributed by atoms with Crippen LogP contribution >= 0.6 is 18.9 Å². The maximum Gasteiger partial charge on any atom is 0.389 e. The Morgan fingerprint density at radius 1 is 0.957 bits per heavy atom. The number of carbonyl (C=O) groups is 4. The number of nitrogens with zero attached hydrogens (tertiary/aromatic N) is 3. The van der Waals surface area contributed by atoms with Crippen molar-refractivity contribution in [2.24, 2.45) is 5.92 Å². The fourth-order valence-electron chi connectivity index (χ4n) is 10.4. The molecule has 0 radical (unpaired) electrons. The minimum absolute atomic E-state index is 0.0285. The molecule has 1 spiro atoms. The molecule has 69 heavy (non-hydrogen) atoms. The van der Waals surface area contributed by atoms with Gasteiger partial charge in [0.15, 0.2) is 0 Å². The van der Waals surface area contributed by atoms with E-state index in [0.29, 0.717) is 42.3 Å². The van der Waals surface area contributed by atoms with Gasteiger partial charge in [0.2, 0.25) is 17.7 Å². The van der Waals surface area contributed by atoms with Gasteiger partial charge in [-0.15, -0.1) is 11.3 Å². The first-order valence-corrected chi connectivity index (χ1v) is 26.6. The summed E-state index contributed by atoms with van der Waals surface area (Å²) in [6.07, 6.45) is -0.539. The number of esters is 1. The molecule has 4 fully saturated rings. The van der Waals surface area contributed by atoms with E-state index in [0.717, 1.165) is 30.6 Å². The van der Waals surface area contributed by atoms with Crippen LogP contribution < -0.4 is 14.9 Å². The number of rotatable bonds is 17. The van der Waals surface area contributed by atoms with Gasteiger partial charge in [0.1, 0.15) is 23.9 Å². The van der Waals surface area contributed by atoms with Crippen LogP contribution in [-0.2, 0) is 23.7 Å². The van der Waals surface area contributed by atoms with Crippen LogP contribution in [0.4, 0.5) is 17.6 Å². The van der Waals surface area contributed by atoms with Crippen molar-refractivity contribution in [3.63, 3.8) is 0 Å². The molecule has 3 saturated heterocycles. The highest BCUT2D eigenvalue weighted by Gasteiger charge is 2.58. The maximum atomic E-state index is 16.8. The summed E-state index contributed by atoms with van der Waals surface area (Å²) in [6.45, 7) is 6.01. The minimum Gasteiger partial charge on any atom is -0.464 e. The highest BCUT2D eigenvalue weighted by molar-refractivity contribution is 7.57. The van der Waals surface area contributed by atoms with Gasteiger partial charge in [0, 0.05) is 41.2 Å². The lowest BCUT2D eigenvalue weighted by molar-refractivity contribution is -0.148. The molecular formula is C51H62F4N5O7PS. The lowest BCUT2D eigenvalue weighted by Crippen LogP contribution is -2.59. The number of benzene rings is 3. The Hall–Kier alpha value is -4.83. The number of para-hydroxylation sites is 1. The van der Waals surface area contributed by atoms with Gasteiger partial charge < -0.3 is 29.3 Å². The van der Waals surface area contributed by atoms with Crippen LogP contribution in [-0.4, -0.2) is 107 Å². The van der Waals surface area contributed by atoms with E-state index < -0.39 is 56.0 Å². The summed E-state index contributed by atoms with van der Waals surface area (Å²) < 4.78 is 82.5. The Morgan fingerprint density at radius 3 is 2.35 bits per heavy atom. The van der Waals surface area contributed by atoms with Crippen LogP contribution in [0, 0.1) is 5.92 Å². The van der Waals surface area contributed by atoms with Gasteiger partial charge in [-0.2, -0.15) is 13.2 Å². The number of alkyl halides is 4. The predicted molar refractivity (Wildman–Crippen MR) is 257 cm³/mol. The molecule has 4 aliphatic rings. The van der Waals surface area contributed by atoms with E-state index >= 15 is 4.39 Å². The lowest BCUT2D eigenvalue weighted by atomic mass is 9.93. The Kier molecular flexibility index (Phi) is 15.3. The molecule has 3 aromatic carbocycles. The van der Waals surface area contributed by atoms with E-state index in [4.69, 9.17) is 9.26 Å². The van der Waals surface area contributed by atoms with Crippen molar-refractivity contribution in [1.29, 1.82) is 0 Å². The summed E-state index contributed by atoms with van der Waals surface area (Å²) in [5.41, 5.74) is 0.896. The third-order valence-corrected chi connectivity index (χ3v) is 17.4. The molecule has 4 aromatic rings. The first-order chi connectivity index (χ1) is 32.8. The number of ether oxygens (including phenoxy) is 1. The third kappa shape index (κ3) is 11.7. The first-order valence-electron chi connectivity index (χ1n) is 24.1. The summed E-state index contributed by atoms with van der Waals surface area (Å²) in [4.78, 5) is 62.6. The average Bonchev–Trinajstić information content (AvgIpc) is 3.59. The normalized spacial score (nSPS) is 24.1. The van der Waals surface area contributed by atoms with Gasteiger partial charge in [0.05, 0.1) is 11.5 Å². The Morgan fingerprint density at radius 2 is 1.67 bits per heavy atom. The highest BCUT2D eigenvalue weighted by Crippen LogP contribution is 2.58. The molecule has 4 heterocycles. The van der Waals surface area contributed by atoms with Crippen molar-refractivity contribution >= 4 is 52.6 Å². The first kappa shape index (κ1) is 50.6. The van der Waals surface area contributed by atoms with Crippen LogP contribution in [0.15, 0.2) is 84.9 Å². The molecule has 0 bridgehead atoms. The van der Waals surface area contributed by atoms with Crippen LogP contribution in [0.2, 0.25) is 0 Å². The summed E-state index contributed by atoms with van der Waals surface area (Å²) >= 11 is 1.12. The predicted octanol–water partition coefficient (Wildman–Crippen LogP) is 10.2. The molecular weight excluding hydrogens is 934 g/mol. The van der Waals surface area contributed by atoms with Crippen molar-refractivity contribution in [1.82, 2.24) is 25.1 Å². The van der Waals surface area contributed by atoms with Gasteiger partial charge in [0.25, 0.3) is 5.91 Å². The number of amides is 3. The van der Waals surface area contributed by atoms with Gasteiger partial charge in [-0.3, -0.25) is 23.7 Å². The van der Waals surface area contributed by atoms with E-state index in [9.17, 15) is 36.9 Å². The minimum atomic E-state index is -4.53. The topological polar surface area (TPSA) is 138 Å². The summed E-state index contributed by atoms with van der Waals surface area (Å²) in [6, 6.07) is 20.7. The van der Waals surface area contributed by atoms with Gasteiger partial charge >= 0.3 is 19.7 Å². The van der Waals surface area contributed by atoms with Crippen LogP contribution in [0.5, 0.6) is 5.75 Å². The fraction of sp³-hybridized carbons (Fsp3) is 0.529. The van der Waals surface area contributed by atoms with Crippen molar-refractivity contribution in [3.8, 4) is 5.75 Å². The number of fused-ring (bicyclic) bond motifs is 2.